The summed E-state index contributed by atoms with van der Waals surface area (Å²) in [5.41, 5.74) is 10.1. The van der Waals surface area contributed by atoms with E-state index in [4.69, 9.17) is 4.98 Å². The largest absolute Gasteiger partial charge is 0.309 e. The molecule has 0 saturated carbocycles. The minimum absolute atomic E-state index is 0.496. The monoisotopic (exact) mass is 519 g/mol. The number of para-hydroxylation sites is 2. The quantitative estimate of drug-likeness (QED) is 0.128. The Morgan fingerprint density at radius 2 is 1.90 bits per heavy atom. The normalized spacial score (nSPS) is 13.9. The van der Waals surface area contributed by atoms with E-state index in [0.717, 1.165) is 48.8 Å². The van der Waals surface area contributed by atoms with Crippen LogP contribution in [-0.4, -0.2) is 14.4 Å². The second-order valence-corrected chi connectivity index (χ2v) is 12.2. The Morgan fingerprint density at radius 1 is 1.05 bits per heavy atom. The molecule has 184 valence electrons. The van der Waals surface area contributed by atoms with Crippen LogP contribution in [0.25, 0.3) is 50.2 Å². The highest BCUT2D eigenvalue weighted by molar-refractivity contribution is 7.83. The van der Waals surface area contributed by atoms with Crippen LogP contribution < -0.4 is 21.0 Å². The molecule has 7 rings (SSSR count). The van der Waals surface area contributed by atoms with Gasteiger partial charge in [-0.3, -0.25) is 9.38 Å². The molecule has 1 aliphatic rings. The maximum absolute atomic E-state index is 15.6. The third kappa shape index (κ3) is 3.31. The van der Waals surface area contributed by atoms with Gasteiger partial charge in [-0.15, -0.1) is 0 Å². The molecule has 0 N–H and O–H groups in total. The molecule has 5 heteroatoms. The van der Waals surface area contributed by atoms with Crippen molar-refractivity contribution in [1.82, 2.24) is 14.4 Å². The van der Waals surface area contributed by atoms with Crippen molar-refractivity contribution < 1.29 is 4.57 Å². The van der Waals surface area contributed by atoms with Gasteiger partial charge in [0.2, 0.25) is 0 Å². The van der Waals surface area contributed by atoms with E-state index in [1.165, 1.54) is 0 Å². The lowest BCUT2D eigenvalue weighted by atomic mass is 10.0. The standard InChI is InChI=1S/C34H22N3OP/c1-3-4-12-23(2)39(38,25-14-11-20-35-22-25)31-21-24-13-5-6-15-26(24)33-32(31)27-16-7-8-17-28(27)34-36-29-18-9-10-19-30(29)37(33)34/h3-6,8-15,17-22H,1-2H2/b12-4-. The first-order valence-electron chi connectivity index (χ1n) is 12.6. The Balaban J connectivity index is 1.83. The molecule has 1 aliphatic carbocycles. The van der Waals surface area contributed by atoms with Crippen molar-refractivity contribution >= 4 is 67.9 Å². The van der Waals surface area contributed by atoms with E-state index in [1.807, 2.05) is 60.7 Å². The summed E-state index contributed by atoms with van der Waals surface area (Å²) < 4.78 is 17.8. The molecule has 4 nitrogen and oxygen atoms in total. The molecule has 1 unspecified atom stereocenters. The van der Waals surface area contributed by atoms with Gasteiger partial charge in [-0.05, 0) is 47.9 Å². The Hall–Kier alpha value is -4.97. The van der Waals surface area contributed by atoms with Crippen LogP contribution in [0, 0.1) is 0 Å². The summed E-state index contributed by atoms with van der Waals surface area (Å²) >= 11 is 0. The summed E-state index contributed by atoms with van der Waals surface area (Å²) in [6.45, 7) is 8.12. The summed E-state index contributed by atoms with van der Waals surface area (Å²) in [7, 11) is -3.48. The zero-order valence-electron chi connectivity index (χ0n) is 21.0. The number of hydrogen-bond acceptors (Lipinski definition) is 3. The van der Waals surface area contributed by atoms with Gasteiger partial charge in [0, 0.05) is 49.5 Å². The van der Waals surface area contributed by atoms with Crippen molar-refractivity contribution in [2.75, 3.05) is 0 Å². The van der Waals surface area contributed by atoms with Crippen LogP contribution >= 0.6 is 7.14 Å². The van der Waals surface area contributed by atoms with E-state index in [1.54, 1.807) is 30.6 Å². The van der Waals surface area contributed by atoms with Crippen LogP contribution in [0.15, 0.2) is 128 Å². The molecule has 0 radical (unpaired) electrons. The number of nitrogens with zero attached hydrogens (tertiary/aromatic N) is 3. The highest BCUT2D eigenvalue weighted by Crippen LogP contribution is 2.53. The molecule has 39 heavy (non-hydrogen) atoms. The highest BCUT2D eigenvalue weighted by atomic mass is 31.2. The fraction of sp³-hybridized carbons (Fsp3) is 0. The number of rotatable bonds is 5. The lowest BCUT2D eigenvalue weighted by molar-refractivity contribution is 0.591. The average Bonchev–Trinajstić information content (AvgIpc) is 3.39. The molecule has 0 spiro atoms. The fourth-order valence-corrected chi connectivity index (χ4v) is 8.12. The predicted molar refractivity (Wildman–Crippen MR) is 163 cm³/mol. The van der Waals surface area contributed by atoms with Crippen molar-refractivity contribution in [3.05, 3.63) is 138 Å². The minimum Gasteiger partial charge on any atom is -0.309 e. The van der Waals surface area contributed by atoms with Gasteiger partial charge >= 0.3 is 0 Å². The van der Waals surface area contributed by atoms with Crippen LogP contribution in [0.3, 0.4) is 0 Å². The Labute approximate surface area is 224 Å². The number of hydrogen-bond donors (Lipinski definition) is 0. The van der Waals surface area contributed by atoms with Crippen molar-refractivity contribution in [3.63, 3.8) is 0 Å². The van der Waals surface area contributed by atoms with Gasteiger partial charge < -0.3 is 4.57 Å². The van der Waals surface area contributed by atoms with E-state index in [-0.39, 0.29) is 0 Å². The summed E-state index contributed by atoms with van der Waals surface area (Å²) in [5.74, 6) is 0. The lowest BCUT2D eigenvalue weighted by Gasteiger charge is -2.23. The Morgan fingerprint density at radius 3 is 2.74 bits per heavy atom. The first-order chi connectivity index (χ1) is 19.1. The molecule has 3 aromatic heterocycles. The third-order valence-corrected chi connectivity index (χ3v) is 10.2. The van der Waals surface area contributed by atoms with Crippen molar-refractivity contribution in [3.8, 4) is 0 Å². The highest BCUT2D eigenvalue weighted by Gasteiger charge is 2.33. The number of aromatic nitrogens is 3. The van der Waals surface area contributed by atoms with Crippen LogP contribution in [0.4, 0.5) is 0 Å². The molecule has 3 heterocycles. The number of allylic oxidation sites excluding steroid dienone is 5. The van der Waals surface area contributed by atoms with Crippen molar-refractivity contribution in [2.45, 2.75) is 0 Å². The van der Waals surface area contributed by atoms with Gasteiger partial charge in [0.05, 0.1) is 16.6 Å². The SMILES string of the molecule is C=C/C=C\C(=C)P(=O)(c1cccnc1)c1cc2ccccc2c2c1c1c(c3nc4ccccc4n32)=CC=C=C=1. The molecular weight excluding hydrogens is 497 g/mol. The van der Waals surface area contributed by atoms with Crippen LogP contribution in [-0.2, 0) is 4.57 Å². The Kier molecular flexibility index (Phi) is 5.23. The first kappa shape index (κ1) is 23.2. The van der Waals surface area contributed by atoms with Crippen molar-refractivity contribution in [2.24, 2.45) is 0 Å². The van der Waals surface area contributed by atoms with Gasteiger partial charge in [-0.25, -0.2) is 4.98 Å². The molecule has 0 amide bonds. The third-order valence-electron chi connectivity index (χ3n) is 7.25. The number of imidazole rings is 1. The van der Waals surface area contributed by atoms with Crippen LogP contribution in [0.5, 0.6) is 0 Å². The van der Waals surface area contributed by atoms with Gasteiger partial charge in [0.1, 0.15) is 5.65 Å². The smallest absolute Gasteiger partial charge is 0.172 e. The Bertz CT molecular complexity index is 2310. The van der Waals surface area contributed by atoms with Crippen molar-refractivity contribution in [1.29, 1.82) is 0 Å². The van der Waals surface area contributed by atoms with E-state index in [9.17, 15) is 0 Å². The molecule has 0 fully saturated rings. The average molecular weight is 520 g/mol. The van der Waals surface area contributed by atoms with Crippen LogP contribution in [0.1, 0.15) is 0 Å². The lowest BCUT2D eigenvalue weighted by Crippen LogP contribution is -2.33. The van der Waals surface area contributed by atoms with E-state index in [0.29, 0.717) is 15.9 Å². The summed E-state index contributed by atoms with van der Waals surface area (Å²) in [5, 5.41) is 6.38. The zero-order valence-corrected chi connectivity index (χ0v) is 21.9. The molecule has 0 aliphatic heterocycles. The second kappa shape index (κ2) is 8.81. The molecular formula is C34H22N3OP. The van der Waals surface area contributed by atoms with Crippen LogP contribution in [0.2, 0.25) is 0 Å². The number of fused-ring (bicyclic) bond motifs is 10. The van der Waals surface area contributed by atoms with Gasteiger partial charge in [0.25, 0.3) is 0 Å². The van der Waals surface area contributed by atoms with E-state index in [2.05, 4.69) is 52.2 Å². The maximum atomic E-state index is 15.6. The number of benzene rings is 3. The molecule has 0 saturated heterocycles. The summed E-state index contributed by atoms with van der Waals surface area (Å²) in [6.07, 6.45) is 12.4. The summed E-state index contributed by atoms with van der Waals surface area (Å²) in [6, 6.07) is 22.0. The topological polar surface area (TPSA) is 47.3 Å². The minimum atomic E-state index is -3.48. The summed E-state index contributed by atoms with van der Waals surface area (Å²) in [4.78, 5) is 9.38. The number of pyridine rings is 2. The fourth-order valence-electron chi connectivity index (χ4n) is 5.53. The molecule has 0 bridgehead atoms. The molecule has 1 atom stereocenters. The van der Waals surface area contributed by atoms with E-state index >= 15 is 4.57 Å². The van der Waals surface area contributed by atoms with E-state index < -0.39 is 7.14 Å². The van der Waals surface area contributed by atoms with Gasteiger partial charge in [-0.1, -0.05) is 79.2 Å². The second-order valence-electron chi connectivity index (χ2n) is 9.40. The first-order valence-corrected chi connectivity index (χ1v) is 14.3. The van der Waals surface area contributed by atoms with Gasteiger partial charge in [-0.2, -0.15) is 0 Å². The molecule has 3 aromatic carbocycles. The maximum Gasteiger partial charge on any atom is 0.172 e. The van der Waals surface area contributed by atoms with Gasteiger partial charge in [0.15, 0.2) is 7.14 Å². The zero-order chi connectivity index (χ0) is 26.6. The predicted octanol–water partition coefficient (Wildman–Crippen LogP) is 5.64. The molecule has 6 aromatic rings.